The molecule has 0 amide bonds. The van der Waals surface area contributed by atoms with Gasteiger partial charge in [-0.15, -0.1) is 0 Å². The fourth-order valence-corrected chi connectivity index (χ4v) is 7.63. The van der Waals surface area contributed by atoms with E-state index in [1.165, 1.54) is 31.9 Å². The molecule has 4 aromatic rings. The van der Waals surface area contributed by atoms with Crippen LogP contribution in [0.15, 0.2) is 85.2 Å². The standard InChI is InChI=1S/C28H34N2Si3/c1-32(2,3)25-13-15-27(29-19-25)21-9-7-11-23(17-21)31-24-12-8-10-22(18-24)28-16-14-26(20-30-28)33(4,5)6/h7-20H,31H2,1-6H3. The molecule has 0 N–H and O–H groups in total. The highest BCUT2D eigenvalue weighted by molar-refractivity contribution is 6.89. The first-order valence-electron chi connectivity index (χ1n) is 11.7. The number of pyridine rings is 2. The van der Waals surface area contributed by atoms with E-state index >= 15 is 0 Å². The Hall–Kier alpha value is -2.61. The van der Waals surface area contributed by atoms with Crippen molar-refractivity contribution in [3.63, 3.8) is 0 Å². The van der Waals surface area contributed by atoms with Crippen LogP contribution >= 0.6 is 0 Å². The molecular formula is C28H34N2Si3. The zero-order valence-corrected chi connectivity index (χ0v) is 24.1. The summed E-state index contributed by atoms with van der Waals surface area (Å²) in [6.45, 7) is 14.2. The summed E-state index contributed by atoms with van der Waals surface area (Å²) in [7, 11) is -3.24. The molecule has 168 valence electrons. The van der Waals surface area contributed by atoms with Gasteiger partial charge >= 0.3 is 0 Å². The van der Waals surface area contributed by atoms with Crippen LogP contribution in [0.25, 0.3) is 22.5 Å². The van der Waals surface area contributed by atoms with Crippen LogP contribution in [-0.2, 0) is 0 Å². The van der Waals surface area contributed by atoms with Crippen molar-refractivity contribution in [1.82, 2.24) is 9.97 Å². The molecule has 0 saturated heterocycles. The summed E-state index contributed by atoms with van der Waals surface area (Å²) in [6.07, 6.45) is 4.16. The van der Waals surface area contributed by atoms with Gasteiger partial charge in [-0.3, -0.25) is 9.97 Å². The zero-order chi connectivity index (χ0) is 23.6. The molecule has 4 rings (SSSR count). The highest BCUT2D eigenvalue weighted by atomic mass is 28.3. The van der Waals surface area contributed by atoms with E-state index in [4.69, 9.17) is 9.97 Å². The normalized spacial score (nSPS) is 12.1. The Bertz CT molecular complexity index is 1140. The van der Waals surface area contributed by atoms with Crippen molar-refractivity contribution in [3.05, 3.63) is 85.2 Å². The first kappa shape index (κ1) is 23.5. The van der Waals surface area contributed by atoms with E-state index in [0.29, 0.717) is 0 Å². The number of aromatic nitrogens is 2. The Morgan fingerprint density at radius 3 is 1.30 bits per heavy atom. The molecule has 0 saturated carbocycles. The van der Waals surface area contributed by atoms with Crippen molar-refractivity contribution in [2.45, 2.75) is 39.3 Å². The van der Waals surface area contributed by atoms with Crippen LogP contribution in [0.3, 0.4) is 0 Å². The average molecular weight is 483 g/mol. The van der Waals surface area contributed by atoms with Gasteiger partial charge in [0.2, 0.25) is 0 Å². The van der Waals surface area contributed by atoms with Gasteiger partial charge in [-0.25, -0.2) is 0 Å². The lowest BCUT2D eigenvalue weighted by molar-refractivity contribution is 1.34. The van der Waals surface area contributed by atoms with Crippen LogP contribution in [0.2, 0.25) is 39.3 Å². The Morgan fingerprint density at radius 1 is 0.545 bits per heavy atom. The molecule has 0 spiro atoms. The molecule has 2 nitrogen and oxygen atoms in total. The molecule has 0 unspecified atom stereocenters. The van der Waals surface area contributed by atoms with Crippen LogP contribution in [0.4, 0.5) is 0 Å². The van der Waals surface area contributed by atoms with Gasteiger partial charge in [-0.2, -0.15) is 0 Å². The highest BCUT2D eigenvalue weighted by Crippen LogP contribution is 2.16. The van der Waals surface area contributed by atoms with Gasteiger partial charge in [0.05, 0.1) is 37.1 Å². The van der Waals surface area contributed by atoms with Gasteiger partial charge < -0.3 is 0 Å². The first-order chi connectivity index (χ1) is 15.6. The molecule has 2 heterocycles. The summed E-state index contributed by atoms with van der Waals surface area (Å²) in [6, 6.07) is 26.8. The van der Waals surface area contributed by atoms with Crippen molar-refractivity contribution in [2.24, 2.45) is 0 Å². The molecule has 0 bridgehead atoms. The van der Waals surface area contributed by atoms with Crippen LogP contribution in [0.1, 0.15) is 0 Å². The minimum Gasteiger partial charge on any atom is -0.256 e. The largest absolute Gasteiger partial charge is 0.256 e. The van der Waals surface area contributed by atoms with Crippen LogP contribution in [0.5, 0.6) is 0 Å². The highest BCUT2D eigenvalue weighted by Gasteiger charge is 2.17. The fraction of sp³-hybridized carbons (Fsp3) is 0.214. The third-order valence-corrected chi connectivity index (χ3v) is 11.9. The quantitative estimate of drug-likeness (QED) is 0.388. The third kappa shape index (κ3) is 5.85. The number of hydrogen-bond donors (Lipinski definition) is 0. The van der Waals surface area contributed by atoms with Gasteiger partial charge in [-0.1, -0.05) is 110 Å². The third-order valence-electron chi connectivity index (χ3n) is 6.11. The van der Waals surface area contributed by atoms with Gasteiger partial charge in [-0.05, 0) is 33.6 Å². The second kappa shape index (κ2) is 9.33. The molecule has 5 heteroatoms. The van der Waals surface area contributed by atoms with Gasteiger partial charge in [0.25, 0.3) is 0 Å². The molecule has 0 atom stereocenters. The Kier molecular flexibility index (Phi) is 6.66. The van der Waals surface area contributed by atoms with Crippen LogP contribution in [-0.4, -0.2) is 35.6 Å². The Labute approximate surface area is 203 Å². The molecule has 33 heavy (non-hydrogen) atoms. The predicted octanol–water partition coefficient (Wildman–Crippen LogP) is 4.02. The van der Waals surface area contributed by atoms with Crippen LogP contribution < -0.4 is 20.7 Å². The number of rotatable bonds is 6. The van der Waals surface area contributed by atoms with Gasteiger partial charge in [0, 0.05) is 12.4 Å². The van der Waals surface area contributed by atoms with E-state index in [1.807, 2.05) is 0 Å². The molecule has 0 aliphatic rings. The van der Waals surface area contributed by atoms with Crippen molar-refractivity contribution >= 4 is 46.4 Å². The van der Waals surface area contributed by atoms with E-state index in [0.717, 1.165) is 11.4 Å². The van der Waals surface area contributed by atoms with E-state index in [1.54, 1.807) is 0 Å². The molecule has 0 fully saturated rings. The number of nitrogens with zero attached hydrogens (tertiary/aromatic N) is 2. The minimum atomic E-state index is -1.32. The van der Waals surface area contributed by atoms with E-state index < -0.39 is 25.7 Å². The van der Waals surface area contributed by atoms with Crippen molar-refractivity contribution in [3.8, 4) is 22.5 Å². The number of benzene rings is 2. The van der Waals surface area contributed by atoms with Crippen molar-refractivity contribution in [1.29, 1.82) is 0 Å². The Morgan fingerprint density at radius 2 is 0.970 bits per heavy atom. The van der Waals surface area contributed by atoms with Gasteiger partial charge in [0.15, 0.2) is 0 Å². The van der Waals surface area contributed by atoms with Crippen LogP contribution in [0, 0.1) is 0 Å². The first-order valence-corrected chi connectivity index (χ1v) is 20.1. The van der Waals surface area contributed by atoms with Crippen molar-refractivity contribution in [2.75, 3.05) is 0 Å². The van der Waals surface area contributed by atoms with E-state index in [2.05, 4.69) is 124 Å². The second-order valence-electron chi connectivity index (χ2n) is 10.9. The molecule has 0 aliphatic carbocycles. The fourth-order valence-electron chi connectivity index (χ4n) is 3.93. The lowest BCUT2D eigenvalue weighted by Crippen LogP contribution is -2.37. The Balaban J connectivity index is 1.54. The maximum Gasteiger partial charge on any atom is 0.0875 e. The smallest absolute Gasteiger partial charge is 0.0875 e. The molecule has 0 radical (unpaired) electrons. The summed E-state index contributed by atoms with van der Waals surface area (Å²) >= 11 is 0. The maximum atomic E-state index is 4.79. The van der Waals surface area contributed by atoms with E-state index in [-0.39, 0.29) is 0 Å². The molecular weight excluding hydrogens is 449 g/mol. The lowest BCUT2D eigenvalue weighted by atomic mass is 10.1. The lowest BCUT2D eigenvalue weighted by Gasteiger charge is -2.16. The van der Waals surface area contributed by atoms with Crippen molar-refractivity contribution < 1.29 is 0 Å². The monoisotopic (exact) mass is 482 g/mol. The van der Waals surface area contributed by atoms with E-state index in [9.17, 15) is 0 Å². The summed E-state index contributed by atoms with van der Waals surface area (Å²) in [5.41, 5.74) is 4.55. The molecule has 2 aromatic heterocycles. The number of hydrogen-bond acceptors (Lipinski definition) is 2. The second-order valence-corrected chi connectivity index (χ2v) is 23.1. The summed E-state index contributed by atoms with van der Waals surface area (Å²) in [5.74, 6) is 0. The van der Waals surface area contributed by atoms with Gasteiger partial charge in [0.1, 0.15) is 0 Å². The topological polar surface area (TPSA) is 25.8 Å². The molecule has 2 aromatic carbocycles. The maximum absolute atomic E-state index is 4.79. The average Bonchev–Trinajstić information content (AvgIpc) is 2.78. The summed E-state index contributed by atoms with van der Waals surface area (Å²) in [5, 5.41) is 5.67. The molecule has 0 aliphatic heterocycles. The SMILES string of the molecule is C[Si](C)(C)c1ccc(-c2cccc([SiH2]c3cccc(-c4ccc([Si](C)(C)C)cn4)c3)c2)nc1. The zero-order valence-electron chi connectivity index (χ0n) is 20.7. The summed E-state index contributed by atoms with van der Waals surface area (Å²) < 4.78 is 0. The minimum absolute atomic E-state index is 0.589. The predicted molar refractivity (Wildman–Crippen MR) is 153 cm³/mol. The summed E-state index contributed by atoms with van der Waals surface area (Å²) in [4.78, 5) is 9.57.